The van der Waals surface area contributed by atoms with Gasteiger partial charge in [0.05, 0.1) is 14.2 Å². The van der Waals surface area contributed by atoms with E-state index >= 15 is 0 Å². The van der Waals surface area contributed by atoms with Crippen molar-refractivity contribution in [1.29, 1.82) is 0 Å². The summed E-state index contributed by atoms with van der Waals surface area (Å²) in [6.07, 6.45) is 2.36. The standard InChI is InChI=1S/C8H17ClOSi/c1-11(2,3)6-4-5-8(10)7-9/h4,6,8,10H,5,7H2,1-3H3/b6-4-/t8-/m1/s1. The highest BCUT2D eigenvalue weighted by Gasteiger charge is 2.07. The molecule has 0 heterocycles. The lowest BCUT2D eigenvalue weighted by Crippen LogP contribution is -2.16. The molecule has 11 heavy (non-hydrogen) atoms. The number of alkyl halides is 1. The van der Waals surface area contributed by atoms with Crippen LogP contribution >= 0.6 is 11.6 Å². The zero-order valence-electron chi connectivity index (χ0n) is 7.47. The molecule has 0 saturated heterocycles. The molecule has 0 aromatic rings. The summed E-state index contributed by atoms with van der Waals surface area (Å²) >= 11 is 5.43. The van der Waals surface area contributed by atoms with E-state index in [4.69, 9.17) is 16.7 Å². The minimum atomic E-state index is -1.07. The largest absolute Gasteiger partial charge is 0.392 e. The van der Waals surface area contributed by atoms with E-state index in [2.05, 4.69) is 25.3 Å². The summed E-state index contributed by atoms with van der Waals surface area (Å²) in [5.74, 6) is 0.329. The predicted molar refractivity (Wildman–Crippen MR) is 53.8 cm³/mol. The van der Waals surface area contributed by atoms with E-state index in [1.54, 1.807) is 0 Å². The Bertz CT molecular complexity index is 129. The third kappa shape index (κ3) is 8.11. The second-order valence-electron chi connectivity index (χ2n) is 3.81. The summed E-state index contributed by atoms with van der Waals surface area (Å²) in [4.78, 5) is 0. The number of hydrogen-bond donors (Lipinski definition) is 1. The minimum Gasteiger partial charge on any atom is -0.392 e. The van der Waals surface area contributed by atoms with E-state index in [1.807, 2.05) is 6.08 Å². The molecule has 0 radical (unpaired) electrons. The average Bonchev–Trinajstić information content (AvgIpc) is 1.85. The fourth-order valence-electron chi connectivity index (χ4n) is 0.642. The van der Waals surface area contributed by atoms with Gasteiger partial charge in [0.25, 0.3) is 0 Å². The van der Waals surface area contributed by atoms with Crippen LogP contribution in [0.1, 0.15) is 6.42 Å². The van der Waals surface area contributed by atoms with Crippen molar-refractivity contribution in [3.63, 3.8) is 0 Å². The minimum absolute atomic E-state index is 0.329. The first kappa shape index (κ1) is 11.2. The topological polar surface area (TPSA) is 20.2 Å². The summed E-state index contributed by atoms with van der Waals surface area (Å²) in [7, 11) is -1.07. The molecule has 0 aromatic carbocycles. The smallest absolute Gasteiger partial charge is 0.0709 e. The zero-order chi connectivity index (χ0) is 8.91. The van der Waals surface area contributed by atoms with Crippen LogP contribution in [-0.4, -0.2) is 25.2 Å². The van der Waals surface area contributed by atoms with E-state index in [-0.39, 0.29) is 6.10 Å². The maximum atomic E-state index is 9.09. The van der Waals surface area contributed by atoms with Crippen molar-refractivity contribution in [1.82, 2.24) is 0 Å². The second kappa shape index (κ2) is 4.96. The molecule has 0 aromatic heterocycles. The van der Waals surface area contributed by atoms with E-state index in [0.717, 1.165) is 0 Å². The molecular weight excluding hydrogens is 176 g/mol. The van der Waals surface area contributed by atoms with Gasteiger partial charge in [0.2, 0.25) is 0 Å². The van der Waals surface area contributed by atoms with E-state index < -0.39 is 8.07 Å². The molecule has 0 bridgehead atoms. The Hall–Kier alpha value is 0.207. The second-order valence-corrected chi connectivity index (χ2v) is 9.19. The normalized spacial score (nSPS) is 15.7. The van der Waals surface area contributed by atoms with Gasteiger partial charge in [0.15, 0.2) is 0 Å². The fraction of sp³-hybridized carbons (Fsp3) is 0.750. The molecule has 0 aliphatic rings. The van der Waals surface area contributed by atoms with Crippen molar-refractivity contribution < 1.29 is 5.11 Å². The Labute approximate surface area is 75.1 Å². The van der Waals surface area contributed by atoms with Crippen LogP contribution in [0.25, 0.3) is 0 Å². The average molecular weight is 193 g/mol. The highest BCUT2D eigenvalue weighted by molar-refractivity contribution is 6.80. The van der Waals surface area contributed by atoms with Gasteiger partial charge in [-0.2, -0.15) is 0 Å². The quantitative estimate of drug-likeness (QED) is 0.536. The van der Waals surface area contributed by atoms with Gasteiger partial charge in [-0.05, 0) is 6.42 Å². The van der Waals surface area contributed by atoms with Crippen LogP contribution in [0, 0.1) is 0 Å². The highest BCUT2D eigenvalue weighted by atomic mass is 35.5. The van der Waals surface area contributed by atoms with Gasteiger partial charge in [-0.25, -0.2) is 0 Å². The lowest BCUT2D eigenvalue weighted by Gasteiger charge is -2.08. The predicted octanol–water partition coefficient (Wildman–Crippen LogP) is 2.41. The van der Waals surface area contributed by atoms with Gasteiger partial charge < -0.3 is 5.11 Å². The Morgan fingerprint density at radius 1 is 1.45 bits per heavy atom. The van der Waals surface area contributed by atoms with E-state index in [1.165, 1.54) is 0 Å². The summed E-state index contributed by atoms with van der Waals surface area (Å²) in [6, 6.07) is 0. The van der Waals surface area contributed by atoms with Gasteiger partial charge in [-0.1, -0.05) is 31.4 Å². The van der Waals surface area contributed by atoms with Crippen LogP contribution in [0.15, 0.2) is 11.8 Å². The van der Waals surface area contributed by atoms with Crippen molar-refractivity contribution in [2.24, 2.45) is 0 Å². The maximum Gasteiger partial charge on any atom is 0.0709 e. The molecule has 1 N–H and O–H groups in total. The maximum absolute atomic E-state index is 9.09. The van der Waals surface area contributed by atoms with Gasteiger partial charge in [-0.15, -0.1) is 11.6 Å². The summed E-state index contributed by atoms with van der Waals surface area (Å²) < 4.78 is 0. The van der Waals surface area contributed by atoms with Gasteiger partial charge >= 0.3 is 0 Å². The first-order chi connectivity index (χ1) is 4.95. The Morgan fingerprint density at radius 3 is 2.36 bits per heavy atom. The van der Waals surface area contributed by atoms with Crippen LogP contribution in [0.2, 0.25) is 19.6 Å². The number of halogens is 1. The first-order valence-corrected chi connectivity index (χ1v) is 7.98. The van der Waals surface area contributed by atoms with Gasteiger partial charge in [0.1, 0.15) is 0 Å². The molecule has 0 spiro atoms. The van der Waals surface area contributed by atoms with Crippen molar-refractivity contribution >= 4 is 19.7 Å². The molecule has 1 nitrogen and oxygen atoms in total. The number of hydrogen-bond acceptors (Lipinski definition) is 1. The lowest BCUT2D eigenvalue weighted by atomic mass is 10.3. The van der Waals surface area contributed by atoms with Gasteiger partial charge in [0, 0.05) is 5.88 Å². The fourth-order valence-corrected chi connectivity index (χ4v) is 1.61. The number of rotatable bonds is 4. The van der Waals surface area contributed by atoms with Crippen LogP contribution < -0.4 is 0 Å². The van der Waals surface area contributed by atoms with Gasteiger partial charge in [-0.3, -0.25) is 0 Å². The highest BCUT2D eigenvalue weighted by Crippen LogP contribution is 2.04. The van der Waals surface area contributed by atoms with Crippen LogP contribution in [0.4, 0.5) is 0 Å². The molecule has 0 rings (SSSR count). The molecule has 0 fully saturated rings. The Morgan fingerprint density at radius 2 is 2.00 bits per heavy atom. The summed E-state index contributed by atoms with van der Waals surface area (Å²) in [6.45, 7) is 6.78. The number of aliphatic hydroxyl groups is 1. The molecular formula is C8H17ClOSi. The molecule has 0 saturated carbocycles. The van der Waals surface area contributed by atoms with Crippen molar-refractivity contribution in [2.75, 3.05) is 5.88 Å². The van der Waals surface area contributed by atoms with Crippen molar-refractivity contribution in [3.8, 4) is 0 Å². The van der Waals surface area contributed by atoms with E-state index in [0.29, 0.717) is 12.3 Å². The first-order valence-electron chi connectivity index (χ1n) is 3.87. The van der Waals surface area contributed by atoms with Crippen LogP contribution in [0.5, 0.6) is 0 Å². The van der Waals surface area contributed by atoms with Crippen LogP contribution in [-0.2, 0) is 0 Å². The summed E-state index contributed by atoms with van der Waals surface area (Å²) in [5, 5.41) is 9.09. The molecule has 1 atom stereocenters. The number of aliphatic hydroxyl groups excluding tert-OH is 1. The van der Waals surface area contributed by atoms with Crippen molar-refractivity contribution in [2.45, 2.75) is 32.2 Å². The molecule has 3 heteroatoms. The molecule has 0 aliphatic carbocycles. The third-order valence-corrected chi connectivity index (χ3v) is 2.80. The molecule has 66 valence electrons. The molecule has 0 aliphatic heterocycles. The Kier molecular flexibility index (Phi) is 5.05. The Balaban J connectivity index is 3.61. The van der Waals surface area contributed by atoms with Crippen LogP contribution in [0.3, 0.4) is 0 Å². The monoisotopic (exact) mass is 192 g/mol. The zero-order valence-corrected chi connectivity index (χ0v) is 9.23. The lowest BCUT2D eigenvalue weighted by molar-refractivity contribution is 0.202. The molecule has 0 unspecified atom stereocenters. The molecule has 0 amide bonds. The van der Waals surface area contributed by atoms with Crippen molar-refractivity contribution in [3.05, 3.63) is 11.8 Å². The summed E-state index contributed by atoms with van der Waals surface area (Å²) in [5.41, 5.74) is 2.22. The SMILES string of the molecule is C[Si](C)(C)/C=C\C[C@@H](O)CCl. The van der Waals surface area contributed by atoms with E-state index in [9.17, 15) is 0 Å². The third-order valence-electron chi connectivity index (χ3n) is 1.20.